The molecule has 0 aliphatic carbocycles. The molecule has 4 nitrogen and oxygen atoms in total. The molecule has 1 saturated heterocycles. The minimum atomic E-state index is -0.0344. The van der Waals surface area contributed by atoms with Gasteiger partial charge in [0.05, 0.1) is 6.61 Å². The normalized spacial score (nSPS) is 17.8. The lowest BCUT2D eigenvalue weighted by molar-refractivity contribution is -0.136. The molecule has 0 bridgehead atoms. The van der Waals surface area contributed by atoms with Crippen molar-refractivity contribution in [2.45, 2.75) is 13.3 Å². The zero-order valence-electron chi connectivity index (χ0n) is 12.5. The second-order valence-corrected chi connectivity index (χ2v) is 6.06. The van der Waals surface area contributed by atoms with Crippen molar-refractivity contribution in [1.29, 1.82) is 0 Å². The Morgan fingerprint density at radius 1 is 1.33 bits per heavy atom. The van der Waals surface area contributed by atoms with Crippen LogP contribution in [0.3, 0.4) is 0 Å². The molecule has 2 rings (SSSR count). The highest BCUT2D eigenvalue weighted by molar-refractivity contribution is 6.30. The quantitative estimate of drug-likeness (QED) is 0.899. The van der Waals surface area contributed by atoms with Crippen molar-refractivity contribution >= 4 is 17.5 Å². The minimum absolute atomic E-state index is 0.0344. The Hall–Kier alpha value is -1.10. The first kappa shape index (κ1) is 16.3. The van der Waals surface area contributed by atoms with Crippen LogP contribution in [0.25, 0.3) is 0 Å². The Labute approximate surface area is 131 Å². The van der Waals surface area contributed by atoms with Gasteiger partial charge >= 0.3 is 0 Å². The van der Waals surface area contributed by atoms with Crippen molar-refractivity contribution in [3.63, 3.8) is 0 Å². The van der Waals surface area contributed by atoms with Gasteiger partial charge in [-0.2, -0.15) is 0 Å². The lowest BCUT2D eigenvalue weighted by Gasteiger charge is -2.35. The second-order valence-electron chi connectivity index (χ2n) is 5.63. The monoisotopic (exact) mass is 310 g/mol. The van der Waals surface area contributed by atoms with Crippen molar-refractivity contribution < 1.29 is 9.90 Å². The number of benzene rings is 1. The Bertz CT molecular complexity index is 473. The fourth-order valence-corrected chi connectivity index (χ4v) is 2.96. The Morgan fingerprint density at radius 2 is 2.05 bits per heavy atom. The number of carbonyl (C=O) groups is 1. The molecular formula is C16H23ClN2O2. The zero-order chi connectivity index (χ0) is 15.2. The van der Waals surface area contributed by atoms with Crippen LogP contribution in [-0.2, 0) is 11.2 Å². The van der Waals surface area contributed by atoms with Gasteiger partial charge in [0.15, 0.2) is 0 Å². The van der Waals surface area contributed by atoms with Gasteiger partial charge in [-0.1, -0.05) is 30.7 Å². The summed E-state index contributed by atoms with van der Waals surface area (Å²) in [4.78, 5) is 16.6. The van der Waals surface area contributed by atoms with Crippen LogP contribution in [0.15, 0.2) is 24.3 Å². The standard InChI is InChI=1S/C16H23ClN2O2/c1-13(11-14-3-2-4-15(17)12-14)16(21)19-7-5-18(6-8-19)9-10-20/h2-4,12-13,20H,5-11H2,1H3. The molecule has 1 fully saturated rings. The maximum Gasteiger partial charge on any atom is 0.225 e. The highest BCUT2D eigenvalue weighted by atomic mass is 35.5. The summed E-state index contributed by atoms with van der Waals surface area (Å²) < 4.78 is 0. The van der Waals surface area contributed by atoms with Crippen molar-refractivity contribution in [2.75, 3.05) is 39.3 Å². The molecule has 1 aromatic carbocycles. The summed E-state index contributed by atoms with van der Waals surface area (Å²) in [5.41, 5.74) is 1.10. The van der Waals surface area contributed by atoms with Crippen LogP contribution in [0.2, 0.25) is 5.02 Å². The summed E-state index contributed by atoms with van der Waals surface area (Å²) in [6.07, 6.45) is 0.718. The topological polar surface area (TPSA) is 43.8 Å². The summed E-state index contributed by atoms with van der Waals surface area (Å²) in [5, 5.41) is 9.65. The van der Waals surface area contributed by atoms with E-state index in [4.69, 9.17) is 16.7 Å². The average Bonchev–Trinajstić information content (AvgIpc) is 2.47. The summed E-state index contributed by atoms with van der Waals surface area (Å²) in [7, 11) is 0. The maximum absolute atomic E-state index is 12.5. The van der Waals surface area contributed by atoms with Gasteiger partial charge in [-0.15, -0.1) is 0 Å². The van der Waals surface area contributed by atoms with E-state index in [1.54, 1.807) is 0 Å². The van der Waals surface area contributed by atoms with Gasteiger partial charge in [0.1, 0.15) is 0 Å². The highest BCUT2D eigenvalue weighted by Crippen LogP contribution is 2.16. The summed E-state index contributed by atoms with van der Waals surface area (Å²) in [6, 6.07) is 7.69. The van der Waals surface area contributed by atoms with E-state index < -0.39 is 0 Å². The fraction of sp³-hybridized carbons (Fsp3) is 0.562. The molecule has 1 unspecified atom stereocenters. The van der Waals surface area contributed by atoms with E-state index in [9.17, 15) is 4.79 Å². The number of β-amino-alcohol motifs (C(OH)–C–C–N with tert-alkyl or cyclic N) is 1. The van der Waals surface area contributed by atoms with E-state index >= 15 is 0 Å². The van der Waals surface area contributed by atoms with Gasteiger partial charge in [-0.25, -0.2) is 0 Å². The van der Waals surface area contributed by atoms with E-state index in [0.717, 1.165) is 38.2 Å². The van der Waals surface area contributed by atoms with Crippen molar-refractivity contribution in [1.82, 2.24) is 9.80 Å². The number of aliphatic hydroxyl groups is 1. The van der Waals surface area contributed by atoms with Crippen LogP contribution in [0.1, 0.15) is 12.5 Å². The lowest BCUT2D eigenvalue weighted by atomic mass is 9.99. The largest absolute Gasteiger partial charge is 0.395 e. The Kier molecular flexibility index (Phi) is 6.03. The van der Waals surface area contributed by atoms with Crippen LogP contribution in [-0.4, -0.2) is 60.1 Å². The van der Waals surface area contributed by atoms with Gasteiger partial charge in [-0.05, 0) is 24.1 Å². The van der Waals surface area contributed by atoms with Gasteiger partial charge < -0.3 is 10.0 Å². The Morgan fingerprint density at radius 3 is 2.67 bits per heavy atom. The van der Waals surface area contributed by atoms with E-state index in [1.165, 1.54) is 0 Å². The highest BCUT2D eigenvalue weighted by Gasteiger charge is 2.24. The molecule has 0 radical (unpaired) electrons. The number of carbonyl (C=O) groups excluding carboxylic acids is 1. The smallest absolute Gasteiger partial charge is 0.225 e. The third kappa shape index (κ3) is 4.70. The number of nitrogens with zero attached hydrogens (tertiary/aromatic N) is 2. The molecule has 0 spiro atoms. The zero-order valence-corrected chi connectivity index (χ0v) is 13.2. The minimum Gasteiger partial charge on any atom is -0.395 e. The second kappa shape index (κ2) is 7.78. The molecule has 1 aromatic rings. The number of rotatable bonds is 5. The molecule has 0 saturated carbocycles. The van der Waals surface area contributed by atoms with Crippen LogP contribution in [0.5, 0.6) is 0 Å². The number of halogens is 1. The maximum atomic E-state index is 12.5. The Balaban J connectivity index is 1.85. The molecule has 5 heteroatoms. The van der Waals surface area contributed by atoms with Crippen LogP contribution >= 0.6 is 11.6 Å². The fourth-order valence-electron chi connectivity index (χ4n) is 2.75. The van der Waals surface area contributed by atoms with Crippen molar-refractivity contribution in [2.24, 2.45) is 5.92 Å². The van der Waals surface area contributed by atoms with Crippen molar-refractivity contribution in [3.8, 4) is 0 Å². The van der Waals surface area contributed by atoms with E-state index in [0.29, 0.717) is 11.6 Å². The first-order valence-corrected chi connectivity index (χ1v) is 7.84. The lowest BCUT2D eigenvalue weighted by Crippen LogP contribution is -2.50. The number of piperazine rings is 1. The number of hydrogen-bond donors (Lipinski definition) is 1. The average molecular weight is 311 g/mol. The number of hydrogen-bond acceptors (Lipinski definition) is 3. The van der Waals surface area contributed by atoms with Gasteiger partial charge in [0.2, 0.25) is 5.91 Å². The molecule has 1 heterocycles. The number of aliphatic hydroxyl groups excluding tert-OH is 1. The molecule has 1 amide bonds. The molecule has 1 aliphatic rings. The predicted octanol–water partition coefficient (Wildman–Crippen LogP) is 1.66. The van der Waals surface area contributed by atoms with Crippen LogP contribution in [0, 0.1) is 5.92 Å². The third-order valence-corrected chi connectivity index (χ3v) is 4.19. The predicted molar refractivity (Wildman–Crippen MR) is 84.4 cm³/mol. The molecule has 1 aliphatic heterocycles. The first-order chi connectivity index (χ1) is 10.1. The SMILES string of the molecule is CC(Cc1cccc(Cl)c1)C(=O)N1CCN(CCO)CC1. The van der Waals surface area contributed by atoms with E-state index in [1.807, 2.05) is 36.1 Å². The van der Waals surface area contributed by atoms with Gasteiger partial charge in [0, 0.05) is 43.7 Å². The molecule has 21 heavy (non-hydrogen) atoms. The molecule has 1 N–H and O–H groups in total. The molecule has 116 valence electrons. The van der Waals surface area contributed by atoms with Gasteiger partial charge in [-0.3, -0.25) is 9.69 Å². The summed E-state index contributed by atoms with van der Waals surface area (Å²) in [6.45, 7) is 6.03. The van der Waals surface area contributed by atoms with Crippen molar-refractivity contribution in [3.05, 3.63) is 34.9 Å². The van der Waals surface area contributed by atoms with Crippen LogP contribution in [0.4, 0.5) is 0 Å². The van der Waals surface area contributed by atoms with Crippen LogP contribution < -0.4 is 0 Å². The molecule has 1 atom stereocenters. The molecule has 0 aromatic heterocycles. The van der Waals surface area contributed by atoms with E-state index in [-0.39, 0.29) is 18.4 Å². The summed E-state index contributed by atoms with van der Waals surface area (Å²) >= 11 is 5.98. The number of amides is 1. The third-order valence-electron chi connectivity index (χ3n) is 3.95. The molecular weight excluding hydrogens is 288 g/mol. The van der Waals surface area contributed by atoms with E-state index in [2.05, 4.69) is 4.90 Å². The van der Waals surface area contributed by atoms with Gasteiger partial charge in [0.25, 0.3) is 0 Å². The summed E-state index contributed by atoms with van der Waals surface area (Å²) in [5.74, 6) is 0.173. The first-order valence-electron chi connectivity index (χ1n) is 7.46.